The summed E-state index contributed by atoms with van der Waals surface area (Å²) in [5.74, 6) is 0.688. The third-order valence-electron chi connectivity index (χ3n) is 4.79. The van der Waals surface area contributed by atoms with E-state index in [0.717, 1.165) is 28.7 Å². The van der Waals surface area contributed by atoms with Crippen LogP contribution in [-0.4, -0.2) is 23.3 Å². The van der Waals surface area contributed by atoms with Crippen LogP contribution in [0.4, 0.5) is 10.5 Å². The van der Waals surface area contributed by atoms with Gasteiger partial charge in [0.05, 0.1) is 11.8 Å². The molecule has 7 heteroatoms. The number of hydrogen-bond donors (Lipinski definition) is 2. The molecule has 1 atom stereocenters. The number of nitrogens with zero attached hydrogens (tertiary/aromatic N) is 2. The molecular formula is C20H22N4O3. The van der Waals surface area contributed by atoms with Crippen molar-refractivity contribution in [2.45, 2.75) is 32.9 Å². The number of nitrogens with one attached hydrogen (secondary N) is 1. The van der Waals surface area contributed by atoms with Gasteiger partial charge in [0.1, 0.15) is 6.61 Å². The van der Waals surface area contributed by atoms with Crippen LogP contribution in [0.1, 0.15) is 48.6 Å². The van der Waals surface area contributed by atoms with Crippen molar-refractivity contribution >= 4 is 17.4 Å². The number of fused-ring (bicyclic) bond motifs is 2. The highest BCUT2D eigenvalue weighted by Gasteiger charge is 2.32. The average Bonchev–Trinajstić information content (AvgIpc) is 3.13. The van der Waals surface area contributed by atoms with Crippen molar-refractivity contribution in [2.75, 3.05) is 12.3 Å². The van der Waals surface area contributed by atoms with Gasteiger partial charge < -0.3 is 15.9 Å². The molecule has 0 bridgehead atoms. The van der Waals surface area contributed by atoms with E-state index in [1.807, 2.05) is 50.2 Å². The zero-order valence-corrected chi connectivity index (χ0v) is 15.4. The van der Waals surface area contributed by atoms with Gasteiger partial charge in [0.2, 0.25) is 0 Å². The van der Waals surface area contributed by atoms with Crippen LogP contribution in [0.5, 0.6) is 5.75 Å². The number of nitrogen functional groups attached to an aromatic ring is 1. The molecule has 0 aromatic heterocycles. The summed E-state index contributed by atoms with van der Waals surface area (Å²) in [5, 5.41) is 9.10. The molecule has 2 heterocycles. The molecule has 2 amide bonds. The van der Waals surface area contributed by atoms with E-state index in [2.05, 4.69) is 10.4 Å². The second kappa shape index (κ2) is 6.92. The van der Waals surface area contributed by atoms with Crippen molar-refractivity contribution in [3.05, 3.63) is 58.7 Å². The summed E-state index contributed by atoms with van der Waals surface area (Å²) >= 11 is 0. The lowest BCUT2D eigenvalue weighted by molar-refractivity contribution is -0.194. The minimum atomic E-state index is -0.212. The summed E-state index contributed by atoms with van der Waals surface area (Å²) in [7, 11) is 0. The molecule has 2 aliphatic rings. The lowest BCUT2D eigenvalue weighted by Crippen LogP contribution is -2.41. The fourth-order valence-corrected chi connectivity index (χ4v) is 3.31. The second-order valence-corrected chi connectivity index (χ2v) is 6.72. The van der Waals surface area contributed by atoms with Crippen LogP contribution < -0.4 is 15.9 Å². The standard InChI is InChI=1S/C20H22N4O3/c1-3-8-22-20(25)24-12(2)16-9-14-11-26-27-18(14)10-17(16)19(23-24)13-4-6-15(21)7-5-13/h4-7,9-10,12H,3,8,11,21H2,1-2H3,(H,22,25). The maximum absolute atomic E-state index is 12.7. The predicted octanol–water partition coefficient (Wildman–Crippen LogP) is 3.34. The molecular weight excluding hydrogens is 344 g/mol. The molecule has 0 spiro atoms. The van der Waals surface area contributed by atoms with Gasteiger partial charge in [-0.1, -0.05) is 19.1 Å². The molecule has 0 saturated carbocycles. The van der Waals surface area contributed by atoms with E-state index in [0.29, 0.717) is 30.3 Å². The number of rotatable bonds is 3. The molecule has 4 rings (SSSR count). The number of benzene rings is 2. The second-order valence-electron chi connectivity index (χ2n) is 6.72. The van der Waals surface area contributed by atoms with Gasteiger partial charge in [-0.25, -0.2) is 9.80 Å². The topological polar surface area (TPSA) is 89.2 Å². The Bertz CT molecular complexity index is 908. The summed E-state index contributed by atoms with van der Waals surface area (Å²) in [5.41, 5.74) is 11.0. The van der Waals surface area contributed by atoms with E-state index in [1.165, 1.54) is 5.01 Å². The number of hydrogen-bond acceptors (Lipinski definition) is 5. The van der Waals surface area contributed by atoms with E-state index in [4.69, 9.17) is 15.5 Å². The van der Waals surface area contributed by atoms with Crippen molar-refractivity contribution in [1.29, 1.82) is 0 Å². The number of anilines is 1. The van der Waals surface area contributed by atoms with E-state index in [-0.39, 0.29) is 12.1 Å². The number of amides is 2. The highest BCUT2D eigenvalue weighted by Crippen LogP contribution is 2.38. The summed E-state index contributed by atoms with van der Waals surface area (Å²) in [6, 6.07) is 11.0. The molecule has 2 aromatic carbocycles. The molecule has 2 aliphatic heterocycles. The predicted molar refractivity (Wildman–Crippen MR) is 102 cm³/mol. The van der Waals surface area contributed by atoms with Crippen LogP contribution in [0, 0.1) is 0 Å². The average molecular weight is 366 g/mol. The lowest BCUT2D eigenvalue weighted by Gasteiger charge is -2.32. The first kappa shape index (κ1) is 17.4. The highest BCUT2D eigenvalue weighted by molar-refractivity contribution is 6.15. The number of hydrazone groups is 1. The Morgan fingerprint density at radius 1 is 1.33 bits per heavy atom. The van der Waals surface area contributed by atoms with Gasteiger partial charge in [-0.15, -0.1) is 0 Å². The molecule has 0 fully saturated rings. The van der Waals surface area contributed by atoms with Crippen molar-refractivity contribution < 1.29 is 14.6 Å². The maximum atomic E-state index is 12.7. The van der Waals surface area contributed by atoms with Gasteiger partial charge in [0, 0.05) is 28.9 Å². The normalized spacial score (nSPS) is 17.6. The van der Waals surface area contributed by atoms with Gasteiger partial charge in [-0.2, -0.15) is 9.99 Å². The molecule has 140 valence electrons. The van der Waals surface area contributed by atoms with Gasteiger partial charge in [0.25, 0.3) is 0 Å². The van der Waals surface area contributed by atoms with E-state index < -0.39 is 0 Å². The first-order chi connectivity index (χ1) is 13.1. The Labute approximate surface area is 157 Å². The summed E-state index contributed by atoms with van der Waals surface area (Å²) in [6.07, 6.45) is 0.862. The SMILES string of the molecule is CCCNC(=O)N1N=C(c2ccc(N)cc2)c2cc3c(cc2C1C)COO3. The monoisotopic (exact) mass is 366 g/mol. The number of urea groups is 1. The largest absolute Gasteiger partial charge is 0.399 e. The number of carbonyl (C=O) groups excluding carboxylic acids is 1. The fourth-order valence-electron chi connectivity index (χ4n) is 3.31. The Hall–Kier alpha value is -3.06. The number of carbonyl (C=O) groups is 1. The van der Waals surface area contributed by atoms with Gasteiger partial charge >= 0.3 is 6.03 Å². The maximum Gasteiger partial charge on any atom is 0.338 e. The molecule has 2 aromatic rings. The smallest absolute Gasteiger partial charge is 0.338 e. The minimum absolute atomic E-state index is 0.208. The molecule has 0 radical (unpaired) electrons. The summed E-state index contributed by atoms with van der Waals surface area (Å²) in [4.78, 5) is 23.0. The lowest BCUT2D eigenvalue weighted by atomic mass is 9.90. The zero-order chi connectivity index (χ0) is 19.0. The van der Waals surface area contributed by atoms with E-state index >= 15 is 0 Å². The zero-order valence-electron chi connectivity index (χ0n) is 15.4. The van der Waals surface area contributed by atoms with Crippen molar-refractivity contribution in [2.24, 2.45) is 5.10 Å². The summed E-state index contributed by atoms with van der Waals surface area (Å²) in [6.45, 7) is 4.98. The van der Waals surface area contributed by atoms with Crippen LogP contribution in [-0.2, 0) is 11.5 Å². The highest BCUT2D eigenvalue weighted by atomic mass is 17.2. The van der Waals surface area contributed by atoms with Crippen LogP contribution in [0.3, 0.4) is 0 Å². The van der Waals surface area contributed by atoms with Crippen LogP contribution in [0.15, 0.2) is 41.5 Å². The van der Waals surface area contributed by atoms with Crippen LogP contribution in [0.2, 0.25) is 0 Å². The fraction of sp³-hybridized carbons (Fsp3) is 0.300. The van der Waals surface area contributed by atoms with Crippen LogP contribution >= 0.6 is 0 Å². The summed E-state index contributed by atoms with van der Waals surface area (Å²) < 4.78 is 0. The van der Waals surface area contributed by atoms with Crippen LogP contribution in [0.25, 0.3) is 0 Å². The van der Waals surface area contributed by atoms with Crippen molar-refractivity contribution in [3.63, 3.8) is 0 Å². The third kappa shape index (κ3) is 3.10. The molecule has 3 N–H and O–H groups in total. The molecule has 1 unspecified atom stereocenters. The van der Waals surface area contributed by atoms with Gasteiger partial charge in [-0.3, -0.25) is 0 Å². The molecule has 0 aliphatic carbocycles. The van der Waals surface area contributed by atoms with Gasteiger partial charge in [0.15, 0.2) is 5.75 Å². The first-order valence-corrected chi connectivity index (χ1v) is 9.06. The van der Waals surface area contributed by atoms with Gasteiger partial charge in [-0.05, 0) is 43.2 Å². The molecule has 7 nitrogen and oxygen atoms in total. The Morgan fingerprint density at radius 3 is 2.85 bits per heavy atom. The molecule has 0 saturated heterocycles. The first-order valence-electron chi connectivity index (χ1n) is 9.06. The third-order valence-corrected chi connectivity index (χ3v) is 4.79. The Balaban J connectivity index is 1.83. The quantitative estimate of drug-likeness (QED) is 0.644. The minimum Gasteiger partial charge on any atom is -0.399 e. The molecule has 27 heavy (non-hydrogen) atoms. The van der Waals surface area contributed by atoms with Crippen molar-refractivity contribution in [3.8, 4) is 5.75 Å². The van der Waals surface area contributed by atoms with E-state index in [9.17, 15) is 4.79 Å². The van der Waals surface area contributed by atoms with Crippen molar-refractivity contribution in [1.82, 2.24) is 10.3 Å². The number of nitrogens with two attached hydrogens (primary N) is 1. The van der Waals surface area contributed by atoms with E-state index in [1.54, 1.807) is 0 Å². The Morgan fingerprint density at radius 2 is 2.11 bits per heavy atom. The Kier molecular flexibility index (Phi) is 4.45.